The minimum absolute atomic E-state index is 0.123. The van der Waals surface area contributed by atoms with Crippen LogP contribution in [0, 0.1) is 0 Å². The van der Waals surface area contributed by atoms with E-state index < -0.39 is 10.0 Å². The molecule has 1 heterocycles. The van der Waals surface area contributed by atoms with Gasteiger partial charge in [-0.05, 0) is 43.2 Å². The molecule has 6 nitrogen and oxygen atoms in total. The molecule has 7 heteroatoms. The van der Waals surface area contributed by atoms with Crippen molar-refractivity contribution in [3.8, 4) is 0 Å². The molecule has 0 aliphatic heterocycles. The molecule has 1 aromatic heterocycles. The first-order chi connectivity index (χ1) is 10.0. The lowest BCUT2D eigenvalue weighted by Gasteiger charge is -2.09. The number of hydrogen-bond donors (Lipinski definition) is 2. The Labute approximate surface area is 124 Å². The van der Waals surface area contributed by atoms with Gasteiger partial charge in [-0.15, -0.1) is 0 Å². The molecule has 1 saturated carbocycles. The monoisotopic (exact) mass is 306 g/mol. The highest BCUT2D eigenvalue weighted by atomic mass is 32.2. The second-order valence-corrected chi connectivity index (χ2v) is 6.93. The van der Waals surface area contributed by atoms with Crippen LogP contribution in [0.5, 0.6) is 0 Å². The second kappa shape index (κ2) is 5.50. The number of rotatable bonds is 6. The molecule has 2 aromatic rings. The molecule has 0 spiro atoms. The van der Waals surface area contributed by atoms with Gasteiger partial charge in [-0.25, -0.2) is 13.1 Å². The predicted molar refractivity (Wildman–Crippen MR) is 80.3 cm³/mol. The molecule has 0 bridgehead atoms. The first-order valence-electron chi connectivity index (χ1n) is 6.88. The Morgan fingerprint density at radius 2 is 1.95 bits per heavy atom. The Hall–Kier alpha value is -1.86. The lowest BCUT2D eigenvalue weighted by atomic mass is 10.3. The molecular formula is C14H18N4O2S. The summed E-state index contributed by atoms with van der Waals surface area (Å²) >= 11 is 0. The first-order valence-corrected chi connectivity index (χ1v) is 8.36. The van der Waals surface area contributed by atoms with Crippen molar-refractivity contribution in [3.63, 3.8) is 0 Å². The van der Waals surface area contributed by atoms with Gasteiger partial charge in [-0.2, -0.15) is 5.10 Å². The van der Waals surface area contributed by atoms with Gasteiger partial charge in [0, 0.05) is 25.0 Å². The van der Waals surface area contributed by atoms with Gasteiger partial charge in [0.1, 0.15) is 0 Å². The van der Waals surface area contributed by atoms with Gasteiger partial charge < -0.3 is 5.32 Å². The molecule has 21 heavy (non-hydrogen) atoms. The van der Waals surface area contributed by atoms with Crippen LogP contribution in [0.15, 0.2) is 41.4 Å². The van der Waals surface area contributed by atoms with Crippen molar-refractivity contribution in [1.29, 1.82) is 0 Å². The number of hydrogen-bond acceptors (Lipinski definition) is 4. The Bertz CT molecular complexity index is 718. The number of benzene rings is 1. The first kappa shape index (κ1) is 14.1. The smallest absolute Gasteiger partial charge is 0.240 e. The fourth-order valence-corrected chi connectivity index (χ4v) is 3.31. The highest BCUT2D eigenvalue weighted by Gasteiger charge is 2.27. The molecule has 1 aromatic carbocycles. The van der Waals surface area contributed by atoms with E-state index in [1.807, 2.05) is 13.1 Å². The third kappa shape index (κ3) is 3.43. The zero-order valence-corrected chi connectivity index (χ0v) is 12.6. The van der Waals surface area contributed by atoms with Crippen molar-refractivity contribution in [1.82, 2.24) is 14.5 Å². The number of nitrogens with one attached hydrogen (secondary N) is 2. The lowest BCUT2D eigenvalue weighted by Crippen LogP contribution is -2.25. The van der Waals surface area contributed by atoms with Crippen molar-refractivity contribution in [2.24, 2.45) is 7.05 Å². The SMILES string of the molecule is Cn1nccc1CNc1ccc(S(=O)(=O)NC2CC2)cc1. The molecule has 1 fully saturated rings. The molecule has 0 unspecified atom stereocenters. The van der Waals surface area contributed by atoms with Gasteiger partial charge in [0.2, 0.25) is 10.0 Å². The Balaban J connectivity index is 1.65. The summed E-state index contributed by atoms with van der Waals surface area (Å²) in [6.07, 6.45) is 3.61. The lowest BCUT2D eigenvalue weighted by molar-refractivity contribution is 0.581. The summed E-state index contributed by atoms with van der Waals surface area (Å²) in [6.45, 7) is 0.642. The molecule has 1 aliphatic rings. The highest BCUT2D eigenvalue weighted by Crippen LogP contribution is 2.22. The fourth-order valence-electron chi connectivity index (χ4n) is 2.01. The molecule has 0 saturated heterocycles. The van der Waals surface area contributed by atoms with Gasteiger partial charge in [-0.3, -0.25) is 4.68 Å². The number of aryl methyl sites for hydroxylation is 1. The van der Waals surface area contributed by atoms with Gasteiger partial charge in [0.25, 0.3) is 0 Å². The third-order valence-electron chi connectivity index (χ3n) is 3.46. The highest BCUT2D eigenvalue weighted by molar-refractivity contribution is 7.89. The van der Waals surface area contributed by atoms with Crippen LogP contribution in [0.4, 0.5) is 5.69 Å². The van der Waals surface area contributed by atoms with E-state index in [0.717, 1.165) is 24.2 Å². The van der Waals surface area contributed by atoms with Crippen LogP contribution in [-0.2, 0) is 23.6 Å². The zero-order valence-electron chi connectivity index (χ0n) is 11.8. The van der Waals surface area contributed by atoms with E-state index in [1.54, 1.807) is 35.1 Å². The largest absolute Gasteiger partial charge is 0.379 e. The van der Waals surface area contributed by atoms with Crippen molar-refractivity contribution in [2.75, 3.05) is 5.32 Å². The number of nitrogens with zero attached hydrogens (tertiary/aromatic N) is 2. The van der Waals surface area contributed by atoms with E-state index in [4.69, 9.17) is 0 Å². The predicted octanol–water partition coefficient (Wildman–Crippen LogP) is 1.47. The molecule has 3 rings (SSSR count). The van der Waals surface area contributed by atoms with E-state index in [1.165, 1.54) is 0 Å². The van der Waals surface area contributed by atoms with Gasteiger partial charge in [-0.1, -0.05) is 0 Å². The molecular weight excluding hydrogens is 288 g/mol. The summed E-state index contributed by atoms with van der Waals surface area (Å²) in [5.41, 5.74) is 1.93. The topological polar surface area (TPSA) is 76.0 Å². The Morgan fingerprint density at radius 1 is 1.24 bits per heavy atom. The zero-order chi connectivity index (χ0) is 14.9. The van der Waals surface area contributed by atoms with Gasteiger partial charge >= 0.3 is 0 Å². The van der Waals surface area contributed by atoms with Crippen molar-refractivity contribution in [3.05, 3.63) is 42.2 Å². The Kier molecular flexibility index (Phi) is 3.69. The maximum Gasteiger partial charge on any atom is 0.240 e. The van der Waals surface area contributed by atoms with Crippen molar-refractivity contribution in [2.45, 2.75) is 30.3 Å². The van der Waals surface area contributed by atoms with Gasteiger partial charge in [0.05, 0.1) is 17.1 Å². The van der Waals surface area contributed by atoms with Crippen LogP contribution in [0.25, 0.3) is 0 Å². The van der Waals surface area contributed by atoms with E-state index >= 15 is 0 Å². The minimum atomic E-state index is -3.37. The standard InChI is InChI=1S/C14H18N4O2S/c1-18-13(8-9-16-18)10-15-11-4-6-14(7-5-11)21(19,20)17-12-2-3-12/h4-9,12,15,17H,2-3,10H2,1H3. The molecule has 1 aliphatic carbocycles. The van der Waals surface area contributed by atoms with Gasteiger partial charge in [0.15, 0.2) is 0 Å². The van der Waals surface area contributed by atoms with Crippen LogP contribution in [-0.4, -0.2) is 24.2 Å². The van der Waals surface area contributed by atoms with Crippen LogP contribution in [0.3, 0.4) is 0 Å². The Morgan fingerprint density at radius 3 is 2.52 bits per heavy atom. The molecule has 112 valence electrons. The maximum atomic E-state index is 12.0. The van der Waals surface area contributed by atoms with Crippen LogP contribution < -0.4 is 10.0 Å². The van der Waals surface area contributed by atoms with Crippen molar-refractivity contribution >= 4 is 15.7 Å². The van der Waals surface area contributed by atoms with Crippen molar-refractivity contribution < 1.29 is 8.42 Å². The second-order valence-electron chi connectivity index (χ2n) is 5.22. The number of aromatic nitrogens is 2. The summed E-state index contributed by atoms with van der Waals surface area (Å²) in [5.74, 6) is 0. The van der Waals surface area contributed by atoms with Crippen LogP contribution >= 0.6 is 0 Å². The quantitative estimate of drug-likeness (QED) is 0.847. The van der Waals surface area contributed by atoms with Crippen LogP contribution in [0.1, 0.15) is 18.5 Å². The third-order valence-corrected chi connectivity index (χ3v) is 5.00. The maximum absolute atomic E-state index is 12.0. The minimum Gasteiger partial charge on any atom is -0.379 e. The molecule has 0 atom stereocenters. The average Bonchev–Trinajstić information content (AvgIpc) is 3.16. The summed E-state index contributed by atoms with van der Waals surface area (Å²) < 4.78 is 28.5. The fraction of sp³-hybridized carbons (Fsp3) is 0.357. The molecule has 0 amide bonds. The summed E-state index contributed by atoms with van der Waals surface area (Å²) in [4.78, 5) is 0.306. The van der Waals surface area contributed by atoms with E-state index in [0.29, 0.717) is 11.4 Å². The van der Waals surface area contributed by atoms with E-state index in [-0.39, 0.29) is 6.04 Å². The van der Waals surface area contributed by atoms with E-state index in [2.05, 4.69) is 15.1 Å². The van der Waals surface area contributed by atoms with Crippen LogP contribution in [0.2, 0.25) is 0 Å². The molecule has 2 N–H and O–H groups in total. The number of anilines is 1. The van der Waals surface area contributed by atoms with E-state index in [9.17, 15) is 8.42 Å². The summed E-state index contributed by atoms with van der Waals surface area (Å²) in [7, 11) is -1.49. The number of sulfonamides is 1. The summed E-state index contributed by atoms with van der Waals surface area (Å²) in [5, 5.41) is 7.34. The normalized spacial score (nSPS) is 15.1. The average molecular weight is 306 g/mol. The summed E-state index contributed by atoms with van der Waals surface area (Å²) in [6, 6.07) is 8.85. The molecule has 0 radical (unpaired) electrons.